The summed E-state index contributed by atoms with van der Waals surface area (Å²) in [7, 11) is 0. The van der Waals surface area contributed by atoms with Gasteiger partial charge in [-0.1, -0.05) is 11.8 Å². The molecule has 1 heterocycles. The number of nitrogens with two attached hydrogens (primary N) is 1. The van der Waals surface area contributed by atoms with Crippen molar-refractivity contribution in [1.82, 2.24) is 9.97 Å². The maximum atomic E-state index is 11.3. The predicted octanol–water partition coefficient (Wildman–Crippen LogP) is 1.51. The van der Waals surface area contributed by atoms with Crippen molar-refractivity contribution in [2.45, 2.75) is 17.0 Å². The lowest BCUT2D eigenvalue weighted by Crippen LogP contribution is -2.08. The van der Waals surface area contributed by atoms with Crippen LogP contribution < -0.4 is 11.3 Å². The number of aromatic amines is 1. The normalized spacial score (nSPS) is 10.4. The first-order valence-corrected chi connectivity index (χ1v) is 6.16. The molecule has 0 aliphatic heterocycles. The molecular weight excluding hydrogens is 266 g/mol. The van der Waals surface area contributed by atoms with Gasteiger partial charge in [-0.05, 0) is 25.1 Å². The van der Waals surface area contributed by atoms with Gasteiger partial charge in [0, 0.05) is 22.3 Å². The number of carboxylic acids is 1. The van der Waals surface area contributed by atoms with Crippen molar-refractivity contribution in [3.63, 3.8) is 0 Å². The summed E-state index contributed by atoms with van der Waals surface area (Å²) in [5.74, 6) is -1.08. The lowest BCUT2D eigenvalue weighted by atomic mass is 10.2. The number of benzene rings is 1. The molecule has 0 fully saturated rings. The van der Waals surface area contributed by atoms with Crippen LogP contribution in [0.4, 0.5) is 5.69 Å². The first kappa shape index (κ1) is 13.2. The Morgan fingerprint density at radius 2 is 2.16 bits per heavy atom. The number of nitrogens with zero attached hydrogens (tertiary/aromatic N) is 1. The summed E-state index contributed by atoms with van der Waals surface area (Å²) in [6.07, 6.45) is 0. The molecule has 4 N–H and O–H groups in total. The molecule has 98 valence electrons. The van der Waals surface area contributed by atoms with Crippen LogP contribution in [0.15, 0.2) is 39.1 Å². The Kier molecular flexibility index (Phi) is 3.57. The highest BCUT2D eigenvalue weighted by Gasteiger charge is 2.13. The Morgan fingerprint density at radius 3 is 2.79 bits per heavy atom. The van der Waals surface area contributed by atoms with Crippen LogP contribution in [0.2, 0.25) is 0 Å². The molecule has 0 spiro atoms. The molecule has 1 aromatic heterocycles. The zero-order valence-electron chi connectivity index (χ0n) is 10.0. The van der Waals surface area contributed by atoms with Crippen LogP contribution in [-0.2, 0) is 0 Å². The van der Waals surface area contributed by atoms with E-state index < -0.39 is 5.97 Å². The molecule has 0 aliphatic rings. The number of carbonyl (C=O) groups is 1. The van der Waals surface area contributed by atoms with Crippen LogP contribution in [0.1, 0.15) is 16.1 Å². The molecule has 0 atom stereocenters. The molecule has 0 saturated heterocycles. The topological polar surface area (TPSA) is 109 Å². The number of anilines is 1. The maximum Gasteiger partial charge on any atom is 0.336 e. The second kappa shape index (κ2) is 5.15. The fourth-order valence-electron chi connectivity index (χ4n) is 1.51. The summed E-state index contributed by atoms with van der Waals surface area (Å²) in [6, 6.07) is 5.93. The van der Waals surface area contributed by atoms with Gasteiger partial charge in [0.05, 0.1) is 5.56 Å². The molecule has 0 bridgehead atoms. The average Bonchev–Trinajstić information content (AvgIpc) is 2.30. The lowest BCUT2D eigenvalue weighted by Gasteiger charge is -2.06. The van der Waals surface area contributed by atoms with Gasteiger partial charge in [-0.15, -0.1) is 0 Å². The minimum atomic E-state index is -1.08. The number of rotatable bonds is 3. The number of nitrogen functional groups attached to an aromatic ring is 1. The predicted molar refractivity (Wildman–Crippen MR) is 71.5 cm³/mol. The van der Waals surface area contributed by atoms with E-state index in [1.54, 1.807) is 19.1 Å². The van der Waals surface area contributed by atoms with Crippen molar-refractivity contribution in [1.29, 1.82) is 0 Å². The number of nitrogens with one attached hydrogen (secondary N) is 1. The van der Waals surface area contributed by atoms with Crippen molar-refractivity contribution < 1.29 is 9.90 Å². The number of aryl methyl sites for hydroxylation is 1. The highest BCUT2D eigenvalue weighted by Crippen LogP contribution is 2.29. The van der Waals surface area contributed by atoms with Crippen molar-refractivity contribution in [2.75, 3.05) is 5.73 Å². The minimum absolute atomic E-state index is 0.0779. The van der Waals surface area contributed by atoms with E-state index in [9.17, 15) is 9.59 Å². The second-order valence-corrected chi connectivity index (χ2v) is 4.89. The van der Waals surface area contributed by atoms with E-state index in [0.717, 1.165) is 11.8 Å². The van der Waals surface area contributed by atoms with Gasteiger partial charge < -0.3 is 15.8 Å². The zero-order chi connectivity index (χ0) is 14.0. The molecule has 0 saturated carbocycles. The third-order valence-electron chi connectivity index (χ3n) is 2.29. The van der Waals surface area contributed by atoms with Gasteiger partial charge in [-0.25, -0.2) is 9.78 Å². The first-order valence-electron chi connectivity index (χ1n) is 5.34. The van der Waals surface area contributed by atoms with Gasteiger partial charge in [0.25, 0.3) is 5.56 Å². The number of H-pyrrole nitrogens is 1. The molecule has 0 unspecified atom stereocenters. The number of carboxylic acid groups (broad SMARTS) is 1. The van der Waals surface area contributed by atoms with Gasteiger partial charge in [0.2, 0.25) is 0 Å². The molecule has 2 rings (SSSR count). The molecule has 1 aromatic carbocycles. The maximum absolute atomic E-state index is 11.3. The fraction of sp³-hybridized carbons (Fsp3) is 0.0833. The lowest BCUT2D eigenvalue weighted by molar-refractivity contribution is 0.0693. The van der Waals surface area contributed by atoms with Crippen molar-refractivity contribution in [2.24, 2.45) is 0 Å². The van der Waals surface area contributed by atoms with E-state index in [2.05, 4.69) is 9.97 Å². The quantitative estimate of drug-likeness (QED) is 0.579. The summed E-state index contributed by atoms with van der Waals surface area (Å²) in [4.78, 5) is 29.6. The smallest absolute Gasteiger partial charge is 0.336 e. The summed E-state index contributed by atoms with van der Waals surface area (Å²) in [6.45, 7) is 1.69. The van der Waals surface area contributed by atoms with Gasteiger partial charge in [0.15, 0.2) is 5.16 Å². The molecular formula is C12H11N3O3S. The second-order valence-electron chi connectivity index (χ2n) is 3.85. The summed E-state index contributed by atoms with van der Waals surface area (Å²) in [5, 5.41) is 9.46. The number of hydrogen-bond acceptors (Lipinski definition) is 5. The Hall–Kier alpha value is -2.28. The molecule has 0 radical (unpaired) electrons. The molecule has 2 aromatic rings. The van der Waals surface area contributed by atoms with Gasteiger partial charge >= 0.3 is 5.97 Å². The summed E-state index contributed by atoms with van der Waals surface area (Å²) in [5.41, 5.74) is 6.30. The first-order chi connectivity index (χ1) is 8.95. The third-order valence-corrected chi connectivity index (χ3v) is 3.25. The number of hydrogen-bond donors (Lipinski definition) is 3. The van der Waals surface area contributed by atoms with Gasteiger partial charge in [-0.3, -0.25) is 4.79 Å². The van der Waals surface area contributed by atoms with E-state index in [1.807, 2.05) is 0 Å². The SMILES string of the molecule is Cc1cc(=O)[nH]c(Sc2ccc(N)cc2C(=O)O)n1. The van der Waals surface area contributed by atoms with Crippen molar-refractivity contribution in [3.05, 3.63) is 45.9 Å². The number of aromatic carboxylic acids is 1. The molecule has 0 aliphatic carbocycles. The van der Waals surface area contributed by atoms with Crippen LogP contribution in [0, 0.1) is 6.92 Å². The van der Waals surface area contributed by atoms with Gasteiger partial charge in [-0.2, -0.15) is 0 Å². The Morgan fingerprint density at radius 1 is 1.42 bits per heavy atom. The Labute approximate surface area is 112 Å². The summed E-state index contributed by atoms with van der Waals surface area (Å²) < 4.78 is 0. The van der Waals surface area contributed by atoms with Crippen LogP contribution in [0.5, 0.6) is 0 Å². The van der Waals surface area contributed by atoms with Crippen molar-refractivity contribution >= 4 is 23.4 Å². The molecule has 7 heteroatoms. The monoisotopic (exact) mass is 277 g/mol. The van der Waals surface area contributed by atoms with E-state index in [0.29, 0.717) is 21.4 Å². The largest absolute Gasteiger partial charge is 0.478 e. The van der Waals surface area contributed by atoms with Crippen LogP contribution >= 0.6 is 11.8 Å². The van der Waals surface area contributed by atoms with E-state index in [1.165, 1.54) is 12.1 Å². The van der Waals surface area contributed by atoms with E-state index in [4.69, 9.17) is 10.8 Å². The Bertz CT molecular complexity index is 697. The van der Waals surface area contributed by atoms with Crippen molar-refractivity contribution in [3.8, 4) is 0 Å². The van der Waals surface area contributed by atoms with Crippen LogP contribution in [0.3, 0.4) is 0 Å². The molecule has 19 heavy (non-hydrogen) atoms. The van der Waals surface area contributed by atoms with Crippen LogP contribution in [-0.4, -0.2) is 21.0 Å². The fourth-order valence-corrected chi connectivity index (χ4v) is 2.45. The number of aromatic nitrogens is 2. The summed E-state index contributed by atoms with van der Waals surface area (Å²) >= 11 is 1.08. The van der Waals surface area contributed by atoms with E-state index >= 15 is 0 Å². The van der Waals surface area contributed by atoms with E-state index in [-0.39, 0.29) is 11.1 Å². The average molecular weight is 277 g/mol. The third kappa shape index (κ3) is 3.14. The van der Waals surface area contributed by atoms with Crippen LogP contribution in [0.25, 0.3) is 0 Å². The highest BCUT2D eigenvalue weighted by molar-refractivity contribution is 7.99. The molecule has 0 amide bonds. The van der Waals surface area contributed by atoms with Gasteiger partial charge in [0.1, 0.15) is 0 Å². The highest BCUT2D eigenvalue weighted by atomic mass is 32.2. The zero-order valence-corrected chi connectivity index (χ0v) is 10.8. The Balaban J connectivity index is 2.43. The molecule has 6 nitrogen and oxygen atoms in total. The standard InChI is InChI=1S/C12H11N3O3S/c1-6-4-10(16)15-12(14-6)19-9-3-2-7(13)5-8(9)11(17)18/h2-5H,13H2,1H3,(H,17,18)(H,14,15,16). The minimum Gasteiger partial charge on any atom is -0.478 e.